The van der Waals surface area contributed by atoms with Gasteiger partial charge in [0.1, 0.15) is 10.6 Å². The third-order valence-corrected chi connectivity index (χ3v) is 3.78. The van der Waals surface area contributed by atoms with Crippen molar-refractivity contribution in [1.29, 1.82) is 0 Å². The first-order valence-electron chi connectivity index (χ1n) is 6.45. The van der Waals surface area contributed by atoms with E-state index in [4.69, 9.17) is 9.84 Å². The highest BCUT2D eigenvalue weighted by Crippen LogP contribution is 2.33. The summed E-state index contributed by atoms with van der Waals surface area (Å²) in [5.74, 6) is 0. The Morgan fingerprint density at radius 2 is 2.37 bits per heavy atom. The lowest BCUT2D eigenvalue weighted by atomic mass is 10.2. The number of nitrogens with zero attached hydrogens (tertiary/aromatic N) is 2. The molecule has 0 spiro atoms. The smallest absolute Gasteiger partial charge is 0.410 e. The van der Waals surface area contributed by atoms with Gasteiger partial charge in [-0.2, -0.15) is 0 Å². The average molecular weight is 284 g/mol. The summed E-state index contributed by atoms with van der Waals surface area (Å²) in [6.07, 6.45) is 1.57. The van der Waals surface area contributed by atoms with Crippen molar-refractivity contribution in [3.8, 4) is 0 Å². The molecule has 1 aliphatic rings. The molecule has 0 aromatic carbocycles. The van der Waals surface area contributed by atoms with Crippen molar-refractivity contribution in [3.63, 3.8) is 0 Å². The van der Waals surface area contributed by atoms with Crippen molar-refractivity contribution in [2.45, 2.75) is 51.9 Å². The quantitative estimate of drug-likeness (QED) is 0.907. The molecule has 1 amide bonds. The Morgan fingerprint density at radius 1 is 1.63 bits per heavy atom. The van der Waals surface area contributed by atoms with Crippen LogP contribution in [0.5, 0.6) is 0 Å². The van der Waals surface area contributed by atoms with E-state index in [2.05, 4.69) is 4.98 Å². The summed E-state index contributed by atoms with van der Waals surface area (Å²) in [5, 5.41) is 11.7. The van der Waals surface area contributed by atoms with Crippen LogP contribution in [-0.2, 0) is 11.3 Å². The average Bonchev–Trinajstić information content (AvgIpc) is 2.95. The van der Waals surface area contributed by atoms with Crippen molar-refractivity contribution in [1.82, 2.24) is 9.88 Å². The fourth-order valence-corrected chi connectivity index (χ4v) is 2.86. The summed E-state index contributed by atoms with van der Waals surface area (Å²) in [5.41, 5.74) is 0.375. The number of aliphatic hydroxyl groups is 1. The minimum atomic E-state index is -0.484. The van der Waals surface area contributed by atoms with E-state index in [1.165, 1.54) is 11.3 Å². The Hall–Kier alpha value is -1.14. The molecule has 1 unspecified atom stereocenters. The van der Waals surface area contributed by atoms with E-state index in [9.17, 15) is 4.79 Å². The van der Waals surface area contributed by atoms with Gasteiger partial charge in [0.05, 0.1) is 18.3 Å². The second-order valence-electron chi connectivity index (χ2n) is 5.66. The number of ether oxygens (including phenoxy) is 1. The summed E-state index contributed by atoms with van der Waals surface area (Å²) in [4.78, 5) is 18.2. The van der Waals surface area contributed by atoms with Crippen LogP contribution < -0.4 is 0 Å². The maximum Gasteiger partial charge on any atom is 0.410 e. The molecule has 5 nitrogen and oxygen atoms in total. The van der Waals surface area contributed by atoms with Crippen LogP contribution in [0.25, 0.3) is 0 Å². The molecule has 1 atom stereocenters. The highest BCUT2D eigenvalue weighted by Gasteiger charge is 2.34. The molecule has 2 rings (SSSR count). The van der Waals surface area contributed by atoms with Gasteiger partial charge in [0, 0.05) is 11.9 Å². The highest BCUT2D eigenvalue weighted by molar-refractivity contribution is 7.09. The van der Waals surface area contributed by atoms with E-state index >= 15 is 0 Å². The van der Waals surface area contributed by atoms with Gasteiger partial charge in [0.25, 0.3) is 0 Å². The van der Waals surface area contributed by atoms with E-state index in [0.717, 1.165) is 18.5 Å². The number of rotatable bonds is 2. The molecule has 1 aliphatic heterocycles. The first kappa shape index (κ1) is 14.3. The van der Waals surface area contributed by atoms with Gasteiger partial charge in [-0.05, 0) is 33.6 Å². The molecule has 1 aromatic rings. The highest BCUT2D eigenvalue weighted by atomic mass is 32.1. The van der Waals surface area contributed by atoms with Crippen molar-refractivity contribution in [3.05, 3.63) is 16.1 Å². The number of hydrogen-bond acceptors (Lipinski definition) is 5. The molecule has 106 valence electrons. The number of aromatic nitrogens is 1. The zero-order valence-electron chi connectivity index (χ0n) is 11.5. The zero-order chi connectivity index (χ0) is 14.0. The topological polar surface area (TPSA) is 62.7 Å². The summed E-state index contributed by atoms with van der Waals surface area (Å²) >= 11 is 1.42. The second-order valence-corrected chi connectivity index (χ2v) is 6.60. The van der Waals surface area contributed by atoms with Gasteiger partial charge in [0.2, 0.25) is 0 Å². The Balaban J connectivity index is 2.10. The molecule has 0 radical (unpaired) electrons. The van der Waals surface area contributed by atoms with Crippen molar-refractivity contribution in [2.75, 3.05) is 6.54 Å². The molecular weight excluding hydrogens is 264 g/mol. The first-order valence-corrected chi connectivity index (χ1v) is 7.33. The predicted octanol–water partition coefficient (Wildman–Crippen LogP) is 2.71. The molecule has 0 aliphatic carbocycles. The van der Waals surface area contributed by atoms with Crippen LogP contribution in [0.2, 0.25) is 0 Å². The largest absolute Gasteiger partial charge is 0.444 e. The van der Waals surface area contributed by atoms with Gasteiger partial charge in [-0.1, -0.05) is 0 Å². The Morgan fingerprint density at radius 3 is 2.95 bits per heavy atom. The molecule has 1 aromatic heterocycles. The van der Waals surface area contributed by atoms with Crippen LogP contribution in [0.1, 0.15) is 50.4 Å². The summed E-state index contributed by atoms with van der Waals surface area (Å²) in [7, 11) is 0. The molecule has 1 fully saturated rings. The van der Waals surface area contributed by atoms with Gasteiger partial charge in [-0.25, -0.2) is 9.78 Å². The lowest BCUT2D eigenvalue weighted by Gasteiger charge is -2.27. The minimum absolute atomic E-state index is 0.0219. The summed E-state index contributed by atoms with van der Waals surface area (Å²) < 4.78 is 5.42. The van der Waals surface area contributed by atoms with Crippen LogP contribution >= 0.6 is 11.3 Å². The number of likely N-dealkylation sites (tertiary alicyclic amines) is 1. The van der Waals surface area contributed by atoms with Crippen LogP contribution in [0, 0.1) is 0 Å². The number of thiazole rings is 1. The van der Waals surface area contributed by atoms with E-state index in [1.807, 2.05) is 26.2 Å². The van der Waals surface area contributed by atoms with Crippen molar-refractivity contribution >= 4 is 17.4 Å². The van der Waals surface area contributed by atoms with E-state index in [1.54, 1.807) is 4.90 Å². The molecular formula is C13H20N2O3S. The fourth-order valence-electron chi connectivity index (χ4n) is 2.16. The summed E-state index contributed by atoms with van der Waals surface area (Å²) in [6, 6.07) is -0.0219. The van der Waals surface area contributed by atoms with Crippen LogP contribution in [-0.4, -0.2) is 33.2 Å². The number of hydrogen-bond donors (Lipinski definition) is 1. The molecule has 0 saturated carbocycles. The SMILES string of the molecule is CC(C)(C)OC(=O)N1CCCC1c1csc(CO)n1. The lowest BCUT2D eigenvalue weighted by Crippen LogP contribution is -2.36. The zero-order valence-corrected chi connectivity index (χ0v) is 12.4. The standard InChI is InChI=1S/C13H20N2O3S/c1-13(2,3)18-12(17)15-6-4-5-10(15)9-8-19-11(7-16)14-9/h8,10,16H,4-7H2,1-3H3. The van der Waals surface area contributed by atoms with Crippen LogP contribution in [0.15, 0.2) is 5.38 Å². The number of amides is 1. The predicted molar refractivity (Wildman–Crippen MR) is 73.0 cm³/mol. The lowest BCUT2D eigenvalue weighted by molar-refractivity contribution is 0.0221. The molecule has 19 heavy (non-hydrogen) atoms. The Bertz CT molecular complexity index is 453. The van der Waals surface area contributed by atoms with Gasteiger partial charge in [-0.3, -0.25) is 4.90 Å². The van der Waals surface area contributed by atoms with Crippen molar-refractivity contribution in [2.24, 2.45) is 0 Å². The fraction of sp³-hybridized carbons (Fsp3) is 0.692. The van der Waals surface area contributed by atoms with E-state index < -0.39 is 5.60 Å². The van der Waals surface area contributed by atoms with Crippen LogP contribution in [0.3, 0.4) is 0 Å². The molecule has 0 bridgehead atoms. The second kappa shape index (κ2) is 5.46. The van der Waals surface area contributed by atoms with Crippen LogP contribution in [0.4, 0.5) is 4.79 Å². The first-order chi connectivity index (χ1) is 8.90. The third kappa shape index (κ3) is 3.45. The van der Waals surface area contributed by atoms with Gasteiger partial charge < -0.3 is 9.84 Å². The van der Waals surface area contributed by atoms with E-state index in [-0.39, 0.29) is 18.7 Å². The Labute approximate surface area is 117 Å². The molecule has 1 saturated heterocycles. The number of carbonyl (C=O) groups excluding carboxylic acids is 1. The molecule has 6 heteroatoms. The van der Waals surface area contributed by atoms with Gasteiger partial charge in [0.15, 0.2) is 0 Å². The van der Waals surface area contributed by atoms with E-state index in [0.29, 0.717) is 11.6 Å². The van der Waals surface area contributed by atoms with Gasteiger partial charge in [-0.15, -0.1) is 11.3 Å². The van der Waals surface area contributed by atoms with Crippen molar-refractivity contribution < 1.29 is 14.6 Å². The monoisotopic (exact) mass is 284 g/mol. The Kier molecular flexibility index (Phi) is 4.10. The van der Waals surface area contributed by atoms with Gasteiger partial charge >= 0.3 is 6.09 Å². The normalized spacial score (nSPS) is 19.8. The minimum Gasteiger partial charge on any atom is -0.444 e. The maximum atomic E-state index is 12.2. The maximum absolute atomic E-state index is 12.2. The third-order valence-electron chi connectivity index (χ3n) is 2.93. The number of aliphatic hydroxyl groups excluding tert-OH is 1. The summed E-state index contributed by atoms with van der Waals surface area (Å²) in [6.45, 7) is 6.24. The number of carbonyl (C=O) groups is 1. The molecule has 1 N–H and O–H groups in total. The molecule has 2 heterocycles.